The van der Waals surface area contributed by atoms with E-state index in [1.807, 2.05) is 48.5 Å². The van der Waals surface area contributed by atoms with Crippen LogP contribution in [-0.4, -0.2) is 28.4 Å². The van der Waals surface area contributed by atoms with Gasteiger partial charge in [0.05, 0.1) is 6.04 Å². The van der Waals surface area contributed by atoms with Crippen LogP contribution in [0.25, 0.3) is 11.1 Å². The van der Waals surface area contributed by atoms with E-state index in [1.54, 1.807) is 6.08 Å². The largest absolute Gasteiger partial charge is 0.486 e. The van der Waals surface area contributed by atoms with Gasteiger partial charge in [0.1, 0.15) is 11.9 Å². The first-order chi connectivity index (χ1) is 11.1. The number of hydrogen-bond donors (Lipinski definition) is 2. The Balaban J connectivity index is 1.62. The molecule has 3 rings (SSSR count). The molecule has 1 aliphatic carbocycles. The van der Waals surface area contributed by atoms with E-state index < -0.39 is 12.1 Å². The van der Waals surface area contributed by atoms with Crippen molar-refractivity contribution in [3.63, 3.8) is 0 Å². The minimum atomic E-state index is -0.868. The third kappa shape index (κ3) is 3.52. The fraction of sp³-hybridized carbons (Fsp3) is 0.167. The maximum absolute atomic E-state index is 10.9. The summed E-state index contributed by atoms with van der Waals surface area (Å²) in [5, 5.41) is 10.1. The molecule has 2 unspecified atom stereocenters. The molecule has 0 aromatic heterocycles. The number of amides is 2. The van der Waals surface area contributed by atoms with Crippen molar-refractivity contribution in [2.75, 3.05) is 0 Å². The normalized spacial score (nSPS) is 19.5. The van der Waals surface area contributed by atoms with Crippen LogP contribution in [0.2, 0.25) is 0 Å². The van der Waals surface area contributed by atoms with Crippen molar-refractivity contribution in [3.05, 3.63) is 66.7 Å². The fourth-order valence-corrected chi connectivity index (χ4v) is 2.61. The van der Waals surface area contributed by atoms with Crippen LogP contribution in [0.3, 0.4) is 0 Å². The molecule has 0 bridgehead atoms. The maximum atomic E-state index is 10.9. The van der Waals surface area contributed by atoms with Crippen LogP contribution in [0.4, 0.5) is 4.79 Å². The van der Waals surface area contributed by atoms with E-state index in [0.717, 1.165) is 16.9 Å². The van der Waals surface area contributed by atoms with Gasteiger partial charge in [-0.15, -0.1) is 0 Å². The SMILES string of the molecule is NC(=O)N(O)C1C=CC(Oc2ccc(-c3ccccc3)cc2)C1. The number of ether oxygens (including phenoxy) is 1. The van der Waals surface area contributed by atoms with Crippen molar-refractivity contribution >= 4 is 6.03 Å². The Morgan fingerprint density at radius 3 is 2.35 bits per heavy atom. The Labute approximate surface area is 134 Å². The molecule has 2 aromatic rings. The number of carbonyl (C=O) groups excluding carboxylic acids is 1. The van der Waals surface area contributed by atoms with Crippen molar-refractivity contribution in [3.8, 4) is 16.9 Å². The highest BCUT2D eigenvalue weighted by Crippen LogP contribution is 2.25. The van der Waals surface area contributed by atoms with Gasteiger partial charge in [-0.1, -0.05) is 48.5 Å². The lowest BCUT2D eigenvalue weighted by Gasteiger charge is -2.20. The van der Waals surface area contributed by atoms with E-state index in [1.165, 1.54) is 0 Å². The Morgan fingerprint density at radius 1 is 1.04 bits per heavy atom. The molecule has 1 aliphatic rings. The summed E-state index contributed by atoms with van der Waals surface area (Å²) in [5.74, 6) is 0.739. The first-order valence-electron chi connectivity index (χ1n) is 7.41. The van der Waals surface area contributed by atoms with Gasteiger partial charge in [-0.25, -0.2) is 4.79 Å². The van der Waals surface area contributed by atoms with Crippen LogP contribution < -0.4 is 10.5 Å². The Hall–Kier alpha value is -2.79. The number of benzene rings is 2. The number of carbonyl (C=O) groups is 1. The first kappa shape index (κ1) is 15.1. The Bertz CT molecular complexity index is 698. The molecule has 0 saturated heterocycles. The molecule has 23 heavy (non-hydrogen) atoms. The predicted molar refractivity (Wildman–Crippen MR) is 87.0 cm³/mol. The maximum Gasteiger partial charge on any atom is 0.339 e. The summed E-state index contributed by atoms with van der Waals surface area (Å²) >= 11 is 0. The van der Waals surface area contributed by atoms with E-state index in [-0.39, 0.29) is 6.10 Å². The molecule has 0 aliphatic heterocycles. The minimum Gasteiger partial charge on any atom is -0.486 e. The van der Waals surface area contributed by atoms with E-state index in [4.69, 9.17) is 10.5 Å². The van der Waals surface area contributed by atoms with Gasteiger partial charge < -0.3 is 10.5 Å². The van der Waals surface area contributed by atoms with Crippen molar-refractivity contribution in [1.82, 2.24) is 5.06 Å². The molecule has 0 heterocycles. The van der Waals surface area contributed by atoms with Gasteiger partial charge in [0.25, 0.3) is 0 Å². The summed E-state index contributed by atoms with van der Waals surface area (Å²) in [6, 6.07) is 16.6. The molecule has 0 radical (unpaired) electrons. The fourth-order valence-electron chi connectivity index (χ4n) is 2.61. The lowest BCUT2D eigenvalue weighted by atomic mass is 10.1. The van der Waals surface area contributed by atoms with Gasteiger partial charge in [0, 0.05) is 6.42 Å². The van der Waals surface area contributed by atoms with E-state index in [0.29, 0.717) is 11.5 Å². The summed E-state index contributed by atoms with van der Waals surface area (Å²) in [7, 11) is 0. The molecule has 5 heteroatoms. The van der Waals surface area contributed by atoms with Gasteiger partial charge in [0.15, 0.2) is 0 Å². The van der Waals surface area contributed by atoms with Crippen LogP contribution in [0, 0.1) is 0 Å². The van der Waals surface area contributed by atoms with E-state index >= 15 is 0 Å². The van der Waals surface area contributed by atoms with Gasteiger partial charge >= 0.3 is 6.03 Å². The van der Waals surface area contributed by atoms with Gasteiger partial charge in [-0.3, -0.25) is 5.21 Å². The molecule has 2 amide bonds. The second-order valence-corrected chi connectivity index (χ2v) is 5.42. The smallest absolute Gasteiger partial charge is 0.339 e. The standard InChI is InChI=1S/C18H18N2O3/c19-18(21)20(22)15-8-11-17(12-15)23-16-9-6-14(7-10-16)13-4-2-1-3-5-13/h1-11,15,17,22H,12H2,(H2,19,21). The van der Waals surface area contributed by atoms with Crippen molar-refractivity contribution in [2.24, 2.45) is 5.73 Å². The van der Waals surface area contributed by atoms with Gasteiger partial charge in [-0.2, -0.15) is 5.06 Å². The highest BCUT2D eigenvalue weighted by molar-refractivity contribution is 5.71. The van der Waals surface area contributed by atoms with Crippen molar-refractivity contribution in [2.45, 2.75) is 18.6 Å². The topological polar surface area (TPSA) is 75.8 Å². The zero-order valence-electron chi connectivity index (χ0n) is 12.5. The van der Waals surface area contributed by atoms with Crippen LogP contribution in [0.1, 0.15) is 6.42 Å². The average Bonchev–Trinajstić information content (AvgIpc) is 3.04. The predicted octanol–water partition coefficient (Wildman–Crippen LogP) is 3.20. The summed E-state index contributed by atoms with van der Waals surface area (Å²) in [6.45, 7) is 0. The van der Waals surface area contributed by atoms with Gasteiger partial charge in [-0.05, 0) is 29.3 Å². The molecular weight excluding hydrogens is 292 g/mol. The van der Waals surface area contributed by atoms with Crippen LogP contribution in [-0.2, 0) is 0 Å². The number of primary amides is 1. The van der Waals surface area contributed by atoms with E-state index in [2.05, 4.69) is 12.1 Å². The zero-order chi connectivity index (χ0) is 16.2. The second kappa shape index (κ2) is 6.54. The molecule has 3 N–H and O–H groups in total. The Morgan fingerprint density at radius 2 is 1.70 bits per heavy atom. The summed E-state index contributed by atoms with van der Waals surface area (Å²) in [5.41, 5.74) is 7.32. The average molecular weight is 310 g/mol. The molecule has 118 valence electrons. The minimum absolute atomic E-state index is 0.198. The highest BCUT2D eigenvalue weighted by Gasteiger charge is 2.26. The summed E-state index contributed by atoms with van der Waals surface area (Å²) in [4.78, 5) is 10.9. The number of hydrogen-bond acceptors (Lipinski definition) is 3. The number of nitrogens with zero attached hydrogens (tertiary/aromatic N) is 1. The quantitative estimate of drug-likeness (QED) is 0.517. The highest BCUT2D eigenvalue weighted by atomic mass is 16.5. The molecule has 0 saturated carbocycles. The molecule has 5 nitrogen and oxygen atoms in total. The molecule has 2 atom stereocenters. The molecule has 0 fully saturated rings. The lowest BCUT2D eigenvalue weighted by molar-refractivity contribution is -0.0645. The van der Waals surface area contributed by atoms with Crippen molar-refractivity contribution in [1.29, 1.82) is 0 Å². The van der Waals surface area contributed by atoms with Crippen LogP contribution >= 0.6 is 0 Å². The number of hydroxylamine groups is 2. The summed E-state index contributed by atoms with van der Waals surface area (Å²) < 4.78 is 5.85. The molecular formula is C18H18N2O3. The Kier molecular flexibility index (Phi) is 4.30. The summed E-state index contributed by atoms with van der Waals surface area (Å²) in [6.07, 6.45) is 3.81. The van der Waals surface area contributed by atoms with Crippen LogP contribution in [0.5, 0.6) is 5.75 Å². The number of rotatable bonds is 4. The number of nitrogens with two attached hydrogens (primary N) is 1. The lowest BCUT2D eigenvalue weighted by Crippen LogP contribution is -2.40. The number of urea groups is 1. The van der Waals surface area contributed by atoms with Crippen LogP contribution in [0.15, 0.2) is 66.7 Å². The third-order valence-electron chi connectivity index (χ3n) is 3.81. The monoisotopic (exact) mass is 310 g/mol. The first-order valence-corrected chi connectivity index (χ1v) is 7.41. The second-order valence-electron chi connectivity index (χ2n) is 5.42. The van der Waals surface area contributed by atoms with E-state index in [9.17, 15) is 10.0 Å². The molecule has 2 aromatic carbocycles. The van der Waals surface area contributed by atoms with Gasteiger partial charge in [0.2, 0.25) is 0 Å². The van der Waals surface area contributed by atoms with Crippen molar-refractivity contribution < 1.29 is 14.7 Å². The molecule has 0 spiro atoms. The third-order valence-corrected chi connectivity index (χ3v) is 3.81. The zero-order valence-corrected chi connectivity index (χ0v) is 12.5.